The molecule has 22 heavy (non-hydrogen) atoms. The first-order valence-corrected chi connectivity index (χ1v) is 7.41. The van der Waals surface area contributed by atoms with Crippen LogP contribution in [0, 0.1) is 0 Å². The fourth-order valence-corrected chi connectivity index (χ4v) is 2.86. The van der Waals surface area contributed by atoms with Crippen LogP contribution in [-0.2, 0) is 11.3 Å². The van der Waals surface area contributed by atoms with E-state index in [-0.39, 0.29) is 6.54 Å². The number of β-amino-alcohol motifs (C(OH)–C–C–N with tert-alkyl or cyclic N) is 1. The normalized spacial score (nSPS) is 22.6. The van der Waals surface area contributed by atoms with Crippen LogP contribution in [0.5, 0.6) is 0 Å². The van der Waals surface area contributed by atoms with Crippen molar-refractivity contribution in [1.82, 2.24) is 14.7 Å². The standard InChI is InChI=1S/C16H20N4O2/c17-15(21)16(22)8-4-9-19(12-16)11-13-7-10-20(18-13)14-5-2-1-3-6-14/h1-3,5-7,10,22H,4,8-9,11-12H2,(H2,17,21). The Morgan fingerprint density at radius 2 is 2.09 bits per heavy atom. The number of likely N-dealkylation sites (tertiary alicyclic amines) is 1. The molecule has 1 unspecified atom stereocenters. The van der Waals surface area contributed by atoms with Crippen molar-refractivity contribution < 1.29 is 9.90 Å². The first kappa shape index (κ1) is 14.7. The van der Waals surface area contributed by atoms with E-state index in [0.717, 1.165) is 24.3 Å². The summed E-state index contributed by atoms with van der Waals surface area (Å²) in [6.45, 7) is 1.68. The molecule has 6 heteroatoms. The van der Waals surface area contributed by atoms with Crippen molar-refractivity contribution in [3.05, 3.63) is 48.3 Å². The predicted octanol–water partition coefficient (Wildman–Crippen LogP) is 0.684. The highest BCUT2D eigenvalue weighted by atomic mass is 16.3. The molecule has 2 heterocycles. The number of benzene rings is 1. The third-order valence-corrected chi connectivity index (χ3v) is 4.06. The number of nitrogens with zero attached hydrogens (tertiary/aromatic N) is 3. The Labute approximate surface area is 129 Å². The first-order valence-electron chi connectivity index (χ1n) is 7.41. The lowest BCUT2D eigenvalue weighted by atomic mass is 9.92. The van der Waals surface area contributed by atoms with Crippen LogP contribution in [0.15, 0.2) is 42.6 Å². The predicted molar refractivity (Wildman–Crippen MR) is 82.2 cm³/mol. The molecule has 0 radical (unpaired) electrons. The maximum absolute atomic E-state index is 11.4. The molecule has 0 aliphatic carbocycles. The number of nitrogens with two attached hydrogens (primary N) is 1. The lowest BCUT2D eigenvalue weighted by molar-refractivity contribution is -0.142. The zero-order valence-corrected chi connectivity index (χ0v) is 12.4. The van der Waals surface area contributed by atoms with Gasteiger partial charge in [0.05, 0.1) is 11.4 Å². The highest BCUT2D eigenvalue weighted by molar-refractivity contribution is 5.83. The molecular weight excluding hydrogens is 280 g/mol. The molecule has 2 aromatic rings. The molecule has 0 spiro atoms. The second kappa shape index (κ2) is 5.90. The molecule has 1 aliphatic heterocycles. The van der Waals surface area contributed by atoms with E-state index in [9.17, 15) is 9.90 Å². The minimum atomic E-state index is -1.42. The van der Waals surface area contributed by atoms with E-state index in [0.29, 0.717) is 13.0 Å². The molecule has 1 fully saturated rings. The van der Waals surface area contributed by atoms with E-state index < -0.39 is 11.5 Å². The molecule has 1 amide bonds. The number of aromatic nitrogens is 2. The van der Waals surface area contributed by atoms with E-state index in [1.807, 2.05) is 52.2 Å². The van der Waals surface area contributed by atoms with Gasteiger partial charge >= 0.3 is 0 Å². The van der Waals surface area contributed by atoms with Gasteiger partial charge in [-0.3, -0.25) is 9.69 Å². The smallest absolute Gasteiger partial charge is 0.250 e. The number of hydrogen-bond acceptors (Lipinski definition) is 4. The SMILES string of the molecule is NC(=O)C1(O)CCCN(Cc2ccn(-c3ccccc3)n2)C1. The fourth-order valence-electron chi connectivity index (χ4n) is 2.86. The van der Waals surface area contributed by atoms with E-state index in [2.05, 4.69) is 5.10 Å². The number of carbonyl (C=O) groups excluding carboxylic acids is 1. The quantitative estimate of drug-likeness (QED) is 0.870. The highest BCUT2D eigenvalue weighted by Crippen LogP contribution is 2.22. The molecule has 1 aliphatic rings. The van der Waals surface area contributed by atoms with Crippen LogP contribution in [0.25, 0.3) is 5.69 Å². The largest absolute Gasteiger partial charge is 0.379 e. The first-order chi connectivity index (χ1) is 10.6. The van der Waals surface area contributed by atoms with Gasteiger partial charge in [0.2, 0.25) is 0 Å². The molecular formula is C16H20N4O2. The van der Waals surface area contributed by atoms with Crippen LogP contribution < -0.4 is 5.73 Å². The lowest BCUT2D eigenvalue weighted by Crippen LogP contribution is -2.55. The Morgan fingerprint density at radius 3 is 2.82 bits per heavy atom. The average Bonchev–Trinajstić information content (AvgIpc) is 2.97. The Kier molecular flexibility index (Phi) is 3.96. The molecule has 3 rings (SSSR count). The highest BCUT2D eigenvalue weighted by Gasteiger charge is 2.38. The van der Waals surface area contributed by atoms with Gasteiger partial charge in [-0.2, -0.15) is 5.10 Å². The van der Waals surface area contributed by atoms with Crippen LogP contribution in [-0.4, -0.2) is 44.4 Å². The van der Waals surface area contributed by atoms with Crippen molar-refractivity contribution in [2.45, 2.75) is 25.0 Å². The van der Waals surface area contributed by atoms with Crippen molar-refractivity contribution in [1.29, 1.82) is 0 Å². The number of hydrogen-bond donors (Lipinski definition) is 2. The van der Waals surface area contributed by atoms with Gasteiger partial charge in [-0.15, -0.1) is 0 Å². The van der Waals surface area contributed by atoms with Crippen LogP contribution >= 0.6 is 0 Å². The van der Waals surface area contributed by atoms with Gasteiger partial charge in [-0.1, -0.05) is 18.2 Å². The van der Waals surface area contributed by atoms with E-state index in [4.69, 9.17) is 5.73 Å². The van der Waals surface area contributed by atoms with Crippen molar-refractivity contribution in [2.75, 3.05) is 13.1 Å². The van der Waals surface area contributed by atoms with Crippen molar-refractivity contribution in [3.8, 4) is 5.69 Å². The van der Waals surface area contributed by atoms with Gasteiger partial charge in [0, 0.05) is 19.3 Å². The van der Waals surface area contributed by atoms with Gasteiger partial charge < -0.3 is 10.8 Å². The van der Waals surface area contributed by atoms with E-state index in [1.165, 1.54) is 0 Å². The van der Waals surface area contributed by atoms with Gasteiger partial charge in [-0.05, 0) is 37.6 Å². The maximum Gasteiger partial charge on any atom is 0.250 e. The summed E-state index contributed by atoms with van der Waals surface area (Å²) in [6.07, 6.45) is 3.09. The molecule has 3 N–H and O–H groups in total. The summed E-state index contributed by atoms with van der Waals surface area (Å²) >= 11 is 0. The summed E-state index contributed by atoms with van der Waals surface area (Å²) in [4.78, 5) is 13.4. The number of amides is 1. The molecule has 1 atom stereocenters. The summed E-state index contributed by atoms with van der Waals surface area (Å²) in [5.41, 5.74) is 5.79. The second-order valence-corrected chi connectivity index (χ2v) is 5.80. The Balaban J connectivity index is 1.69. The van der Waals surface area contributed by atoms with Gasteiger partial charge in [0.25, 0.3) is 5.91 Å². The molecule has 1 aromatic carbocycles. The third kappa shape index (κ3) is 3.03. The fraction of sp³-hybridized carbons (Fsp3) is 0.375. The van der Waals surface area contributed by atoms with Crippen molar-refractivity contribution in [2.24, 2.45) is 5.73 Å². The number of rotatable bonds is 4. The Morgan fingerprint density at radius 1 is 1.32 bits per heavy atom. The zero-order valence-electron chi connectivity index (χ0n) is 12.4. The summed E-state index contributed by atoms with van der Waals surface area (Å²) in [7, 11) is 0. The van der Waals surface area contributed by atoms with Gasteiger partial charge in [-0.25, -0.2) is 4.68 Å². The van der Waals surface area contributed by atoms with E-state index in [1.54, 1.807) is 0 Å². The summed E-state index contributed by atoms with van der Waals surface area (Å²) in [5, 5.41) is 14.8. The zero-order chi connectivity index (χ0) is 15.6. The van der Waals surface area contributed by atoms with Crippen LogP contribution in [0.3, 0.4) is 0 Å². The topological polar surface area (TPSA) is 84.4 Å². The molecule has 1 saturated heterocycles. The van der Waals surface area contributed by atoms with Crippen molar-refractivity contribution >= 4 is 5.91 Å². The summed E-state index contributed by atoms with van der Waals surface area (Å²) < 4.78 is 1.82. The Hall–Kier alpha value is -2.18. The van der Waals surface area contributed by atoms with Crippen molar-refractivity contribution in [3.63, 3.8) is 0 Å². The second-order valence-electron chi connectivity index (χ2n) is 5.80. The monoisotopic (exact) mass is 300 g/mol. The lowest BCUT2D eigenvalue weighted by Gasteiger charge is -2.36. The molecule has 0 bridgehead atoms. The van der Waals surface area contributed by atoms with Crippen LogP contribution in [0.4, 0.5) is 0 Å². The number of carbonyl (C=O) groups is 1. The number of primary amides is 1. The number of piperidine rings is 1. The molecule has 0 saturated carbocycles. The average molecular weight is 300 g/mol. The van der Waals surface area contributed by atoms with E-state index >= 15 is 0 Å². The third-order valence-electron chi connectivity index (χ3n) is 4.06. The van der Waals surface area contributed by atoms with Gasteiger partial charge in [0.1, 0.15) is 0 Å². The van der Waals surface area contributed by atoms with Gasteiger partial charge in [0.15, 0.2) is 5.60 Å². The summed E-state index contributed by atoms with van der Waals surface area (Å²) in [6, 6.07) is 11.8. The maximum atomic E-state index is 11.4. The number of aliphatic hydroxyl groups is 1. The minimum absolute atomic E-state index is 0.264. The summed E-state index contributed by atoms with van der Waals surface area (Å²) in [5.74, 6) is -0.646. The molecule has 116 valence electrons. The molecule has 6 nitrogen and oxygen atoms in total. The molecule has 1 aromatic heterocycles. The number of para-hydroxylation sites is 1. The Bertz CT molecular complexity index is 655. The van der Waals surface area contributed by atoms with Crippen LogP contribution in [0.1, 0.15) is 18.5 Å². The minimum Gasteiger partial charge on any atom is -0.379 e. The van der Waals surface area contributed by atoms with Crippen LogP contribution in [0.2, 0.25) is 0 Å².